The minimum absolute atomic E-state index is 0.150. The number of aromatic nitrogens is 1. The summed E-state index contributed by atoms with van der Waals surface area (Å²) in [5.74, 6) is -0.559. The molecule has 3 nitrogen and oxygen atoms in total. The van der Waals surface area contributed by atoms with Gasteiger partial charge in [0.25, 0.3) is 0 Å². The van der Waals surface area contributed by atoms with Crippen LogP contribution in [-0.4, -0.2) is 4.98 Å². The van der Waals surface area contributed by atoms with Crippen LogP contribution >= 0.6 is 0 Å². The number of hydrogen-bond acceptors (Lipinski definition) is 3. The third-order valence-electron chi connectivity index (χ3n) is 2.91. The molecule has 1 atom stereocenters. The number of pyridine rings is 1. The molecule has 96 valence electrons. The van der Waals surface area contributed by atoms with Gasteiger partial charge in [0.15, 0.2) is 11.4 Å². The molecule has 3 aromatic rings. The second-order valence-electron chi connectivity index (χ2n) is 4.22. The third-order valence-corrected chi connectivity index (χ3v) is 2.91. The summed E-state index contributed by atoms with van der Waals surface area (Å²) < 4.78 is 32.0. The van der Waals surface area contributed by atoms with Crippen LogP contribution in [0, 0.1) is 11.6 Å². The van der Waals surface area contributed by atoms with Gasteiger partial charge in [0.05, 0.1) is 12.2 Å². The number of halogens is 2. The lowest BCUT2D eigenvalue weighted by Crippen LogP contribution is -2.11. The van der Waals surface area contributed by atoms with E-state index in [1.807, 2.05) is 0 Å². The van der Waals surface area contributed by atoms with E-state index in [-0.39, 0.29) is 5.58 Å². The van der Waals surface area contributed by atoms with Crippen LogP contribution in [0.3, 0.4) is 0 Å². The lowest BCUT2D eigenvalue weighted by atomic mass is 10.1. The van der Waals surface area contributed by atoms with E-state index in [9.17, 15) is 8.78 Å². The van der Waals surface area contributed by atoms with Gasteiger partial charge >= 0.3 is 0 Å². The van der Waals surface area contributed by atoms with Crippen molar-refractivity contribution in [2.75, 3.05) is 0 Å². The average Bonchev–Trinajstić information content (AvgIpc) is 2.83. The standard InChI is InChI=1S/C14H10F2N2O/c15-10-4-9(6-18-7-10)13(17)12-5-8-2-1-3-11(16)14(8)19-12/h1-7,13H,17H2. The van der Waals surface area contributed by atoms with Gasteiger partial charge in [0.1, 0.15) is 11.6 Å². The fourth-order valence-electron chi connectivity index (χ4n) is 1.96. The van der Waals surface area contributed by atoms with Crippen LogP contribution < -0.4 is 5.73 Å². The van der Waals surface area contributed by atoms with Crippen molar-refractivity contribution in [2.45, 2.75) is 6.04 Å². The van der Waals surface area contributed by atoms with Crippen LogP contribution in [0.5, 0.6) is 0 Å². The lowest BCUT2D eigenvalue weighted by Gasteiger charge is -2.07. The second kappa shape index (κ2) is 4.44. The van der Waals surface area contributed by atoms with Gasteiger partial charge in [-0.25, -0.2) is 8.78 Å². The van der Waals surface area contributed by atoms with E-state index < -0.39 is 17.7 Å². The zero-order valence-corrected chi connectivity index (χ0v) is 9.81. The number of fused-ring (bicyclic) bond motifs is 1. The number of furan rings is 1. The largest absolute Gasteiger partial charge is 0.456 e. The van der Waals surface area contributed by atoms with Gasteiger partial charge in [-0.15, -0.1) is 0 Å². The molecule has 3 rings (SSSR count). The van der Waals surface area contributed by atoms with E-state index in [1.165, 1.54) is 18.3 Å². The Hall–Kier alpha value is -2.27. The zero-order chi connectivity index (χ0) is 13.4. The molecule has 1 aromatic carbocycles. The topological polar surface area (TPSA) is 52.0 Å². The molecule has 2 heterocycles. The maximum atomic E-state index is 13.5. The Morgan fingerprint density at radius 3 is 2.74 bits per heavy atom. The van der Waals surface area contributed by atoms with Crippen molar-refractivity contribution in [2.24, 2.45) is 5.73 Å². The van der Waals surface area contributed by atoms with Crippen molar-refractivity contribution in [3.63, 3.8) is 0 Å². The predicted octanol–water partition coefficient (Wildman–Crippen LogP) is 3.15. The number of nitrogens with zero attached hydrogens (tertiary/aromatic N) is 1. The minimum atomic E-state index is -0.685. The Balaban J connectivity index is 2.06. The molecule has 0 saturated carbocycles. The highest BCUT2D eigenvalue weighted by atomic mass is 19.1. The van der Waals surface area contributed by atoms with Crippen molar-refractivity contribution in [1.29, 1.82) is 0 Å². The molecule has 19 heavy (non-hydrogen) atoms. The summed E-state index contributed by atoms with van der Waals surface area (Å²) in [6.45, 7) is 0. The highest BCUT2D eigenvalue weighted by molar-refractivity contribution is 5.78. The molecule has 0 aliphatic carbocycles. The monoisotopic (exact) mass is 260 g/mol. The third kappa shape index (κ3) is 2.08. The van der Waals surface area contributed by atoms with Crippen LogP contribution in [0.4, 0.5) is 8.78 Å². The smallest absolute Gasteiger partial charge is 0.169 e. The molecule has 0 amide bonds. The van der Waals surface area contributed by atoms with E-state index in [2.05, 4.69) is 4.98 Å². The van der Waals surface area contributed by atoms with E-state index in [4.69, 9.17) is 10.2 Å². The normalized spacial score (nSPS) is 12.8. The van der Waals surface area contributed by atoms with Crippen LogP contribution in [0.2, 0.25) is 0 Å². The molecule has 0 bridgehead atoms. The highest BCUT2D eigenvalue weighted by Crippen LogP contribution is 2.28. The minimum Gasteiger partial charge on any atom is -0.456 e. The van der Waals surface area contributed by atoms with Crippen molar-refractivity contribution in [3.8, 4) is 0 Å². The first kappa shape index (κ1) is 11.8. The highest BCUT2D eigenvalue weighted by Gasteiger charge is 2.16. The Morgan fingerprint density at radius 1 is 1.16 bits per heavy atom. The number of rotatable bonds is 2. The molecule has 1 unspecified atom stereocenters. The molecule has 2 N–H and O–H groups in total. The van der Waals surface area contributed by atoms with Gasteiger partial charge in [0, 0.05) is 11.6 Å². The predicted molar refractivity (Wildman–Crippen MR) is 66.4 cm³/mol. The molecule has 5 heteroatoms. The summed E-state index contributed by atoms with van der Waals surface area (Å²) in [5, 5.41) is 0.620. The Labute approximate surface area is 107 Å². The first-order valence-corrected chi connectivity index (χ1v) is 5.69. The fourth-order valence-corrected chi connectivity index (χ4v) is 1.96. The maximum Gasteiger partial charge on any atom is 0.169 e. The maximum absolute atomic E-state index is 13.5. The van der Waals surface area contributed by atoms with Crippen molar-refractivity contribution < 1.29 is 13.2 Å². The molecule has 2 aromatic heterocycles. The molecular weight excluding hydrogens is 250 g/mol. The lowest BCUT2D eigenvalue weighted by molar-refractivity contribution is 0.500. The fraction of sp³-hybridized carbons (Fsp3) is 0.0714. The Kier molecular flexibility index (Phi) is 2.76. The molecule has 0 aliphatic heterocycles. The van der Waals surface area contributed by atoms with Gasteiger partial charge in [-0.2, -0.15) is 0 Å². The summed E-state index contributed by atoms with van der Waals surface area (Å²) in [4.78, 5) is 3.73. The van der Waals surface area contributed by atoms with Gasteiger partial charge in [-0.3, -0.25) is 4.98 Å². The average molecular weight is 260 g/mol. The number of hydrogen-bond donors (Lipinski definition) is 1. The number of nitrogens with two attached hydrogens (primary N) is 1. The Morgan fingerprint density at radius 2 is 2.00 bits per heavy atom. The van der Waals surface area contributed by atoms with E-state index in [0.717, 1.165) is 6.20 Å². The van der Waals surface area contributed by atoms with E-state index in [0.29, 0.717) is 16.7 Å². The van der Waals surface area contributed by atoms with Gasteiger partial charge in [0.2, 0.25) is 0 Å². The summed E-state index contributed by atoms with van der Waals surface area (Å²) in [6, 6.07) is 6.86. The quantitative estimate of drug-likeness (QED) is 0.770. The first-order valence-electron chi connectivity index (χ1n) is 5.69. The SMILES string of the molecule is NC(c1cncc(F)c1)c1cc2cccc(F)c2o1. The number of para-hydroxylation sites is 1. The number of benzene rings is 1. The van der Waals surface area contributed by atoms with E-state index in [1.54, 1.807) is 18.2 Å². The van der Waals surface area contributed by atoms with Crippen LogP contribution in [-0.2, 0) is 0 Å². The van der Waals surface area contributed by atoms with Crippen LogP contribution in [0.15, 0.2) is 47.1 Å². The molecule has 0 saturated heterocycles. The van der Waals surface area contributed by atoms with Crippen LogP contribution in [0.1, 0.15) is 17.4 Å². The van der Waals surface area contributed by atoms with E-state index >= 15 is 0 Å². The Bertz CT molecular complexity index is 739. The van der Waals surface area contributed by atoms with Crippen molar-refractivity contribution in [3.05, 3.63) is 65.7 Å². The molecule has 0 radical (unpaired) electrons. The van der Waals surface area contributed by atoms with Crippen molar-refractivity contribution in [1.82, 2.24) is 4.98 Å². The summed E-state index contributed by atoms with van der Waals surface area (Å²) in [6.07, 6.45) is 2.55. The van der Waals surface area contributed by atoms with Crippen LogP contribution in [0.25, 0.3) is 11.0 Å². The van der Waals surface area contributed by atoms with Gasteiger partial charge in [-0.1, -0.05) is 12.1 Å². The first-order chi connectivity index (χ1) is 9.15. The molecule has 0 spiro atoms. The molecule has 0 aliphatic rings. The summed E-state index contributed by atoms with van der Waals surface area (Å²) >= 11 is 0. The van der Waals surface area contributed by atoms with Gasteiger partial charge in [-0.05, 0) is 23.8 Å². The summed E-state index contributed by atoms with van der Waals surface area (Å²) in [7, 11) is 0. The summed E-state index contributed by atoms with van der Waals surface area (Å²) in [5.41, 5.74) is 6.60. The zero-order valence-electron chi connectivity index (χ0n) is 9.81. The van der Waals surface area contributed by atoms with Gasteiger partial charge < -0.3 is 10.2 Å². The second-order valence-corrected chi connectivity index (χ2v) is 4.22. The molecular formula is C14H10F2N2O. The van der Waals surface area contributed by atoms with Crippen molar-refractivity contribution >= 4 is 11.0 Å². The molecule has 0 fully saturated rings.